The van der Waals surface area contributed by atoms with Gasteiger partial charge in [-0.3, -0.25) is 4.79 Å². The predicted molar refractivity (Wildman–Crippen MR) is 46.9 cm³/mol. The molecule has 1 aromatic carbocycles. The Hall–Kier alpha value is -1.77. The van der Waals surface area contributed by atoms with E-state index in [1.807, 2.05) is 0 Å². The van der Waals surface area contributed by atoms with Gasteiger partial charge in [0, 0.05) is 6.07 Å². The second-order valence-corrected chi connectivity index (χ2v) is 2.51. The van der Waals surface area contributed by atoms with Crippen molar-refractivity contribution in [2.24, 2.45) is 0 Å². The van der Waals surface area contributed by atoms with Crippen molar-refractivity contribution < 1.29 is 4.42 Å². The van der Waals surface area contributed by atoms with Crippen LogP contribution in [0.5, 0.6) is 0 Å². The van der Waals surface area contributed by atoms with Crippen molar-refractivity contribution in [1.82, 2.24) is 0 Å². The molecule has 0 saturated carbocycles. The van der Waals surface area contributed by atoms with Gasteiger partial charge in [-0.2, -0.15) is 0 Å². The molecular formula is C9H7NO2. The summed E-state index contributed by atoms with van der Waals surface area (Å²) in [6.45, 7) is 0. The molecule has 0 unspecified atom stereocenters. The lowest BCUT2D eigenvalue weighted by molar-refractivity contribution is 0.604. The van der Waals surface area contributed by atoms with Crippen molar-refractivity contribution in [1.29, 1.82) is 0 Å². The van der Waals surface area contributed by atoms with Crippen LogP contribution in [-0.4, -0.2) is 0 Å². The third kappa shape index (κ3) is 0.871. The van der Waals surface area contributed by atoms with Crippen LogP contribution in [0.15, 0.2) is 39.7 Å². The lowest BCUT2D eigenvalue weighted by atomic mass is 10.2. The summed E-state index contributed by atoms with van der Waals surface area (Å²) in [5.74, 6) is 0. The van der Waals surface area contributed by atoms with Crippen LogP contribution in [-0.2, 0) is 0 Å². The van der Waals surface area contributed by atoms with Crippen LogP contribution in [0.2, 0.25) is 0 Å². The lowest BCUT2D eigenvalue weighted by Gasteiger charge is -1.97. The van der Waals surface area contributed by atoms with E-state index in [0.29, 0.717) is 16.7 Å². The normalized spacial score (nSPS) is 10.3. The SMILES string of the molecule is Nc1cccc2c(=O)ccoc12. The summed E-state index contributed by atoms with van der Waals surface area (Å²) in [6, 6.07) is 6.50. The van der Waals surface area contributed by atoms with Gasteiger partial charge in [-0.25, -0.2) is 0 Å². The summed E-state index contributed by atoms with van der Waals surface area (Å²) in [6.07, 6.45) is 1.35. The summed E-state index contributed by atoms with van der Waals surface area (Å²) >= 11 is 0. The maximum absolute atomic E-state index is 11.2. The van der Waals surface area contributed by atoms with Gasteiger partial charge < -0.3 is 10.2 Å². The van der Waals surface area contributed by atoms with Crippen LogP contribution < -0.4 is 11.2 Å². The number of anilines is 1. The van der Waals surface area contributed by atoms with E-state index in [-0.39, 0.29) is 5.43 Å². The Morgan fingerprint density at radius 2 is 2.08 bits per heavy atom. The molecule has 2 aromatic rings. The molecule has 0 fully saturated rings. The quantitative estimate of drug-likeness (QED) is 0.594. The summed E-state index contributed by atoms with van der Waals surface area (Å²) < 4.78 is 5.10. The highest BCUT2D eigenvalue weighted by Gasteiger charge is 2.00. The van der Waals surface area contributed by atoms with Gasteiger partial charge in [0.25, 0.3) is 0 Å². The molecular weight excluding hydrogens is 154 g/mol. The highest BCUT2D eigenvalue weighted by Crippen LogP contribution is 2.16. The zero-order valence-corrected chi connectivity index (χ0v) is 6.28. The molecule has 60 valence electrons. The van der Waals surface area contributed by atoms with Crippen LogP contribution in [0.4, 0.5) is 5.69 Å². The first-order valence-corrected chi connectivity index (χ1v) is 3.55. The first kappa shape index (κ1) is 6.91. The molecule has 0 aliphatic carbocycles. The molecule has 0 aliphatic rings. The second kappa shape index (κ2) is 2.37. The van der Waals surface area contributed by atoms with Gasteiger partial charge in [-0.1, -0.05) is 6.07 Å². The summed E-state index contributed by atoms with van der Waals surface area (Å²) in [5.41, 5.74) is 6.48. The number of hydrogen-bond donors (Lipinski definition) is 1. The molecule has 0 radical (unpaired) electrons. The van der Waals surface area contributed by atoms with Crippen LogP contribution in [0.1, 0.15) is 0 Å². The molecule has 0 aliphatic heterocycles. The largest absolute Gasteiger partial charge is 0.462 e. The maximum Gasteiger partial charge on any atom is 0.192 e. The summed E-state index contributed by atoms with van der Waals surface area (Å²) in [7, 11) is 0. The summed E-state index contributed by atoms with van der Waals surface area (Å²) in [4.78, 5) is 11.2. The van der Waals surface area contributed by atoms with E-state index >= 15 is 0 Å². The fraction of sp³-hybridized carbons (Fsp3) is 0. The molecule has 1 aromatic heterocycles. The minimum absolute atomic E-state index is 0.0662. The topological polar surface area (TPSA) is 56.2 Å². The molecule has 0 spiro atoms. The number of para-hydroxylation sites is 1. The molecule has 2 rings (SSSR count). The number of nitrogen functional groups attached to an aromatic ring is 1. The first-order chi connectivity index (χ1) is 5.79. The van der Waals surface area contributed by atoms with E-state index in [4.69, 9.17) is 10.2 Å². The zero-order chi connectivity index (χ0) is 8.55. The monoisotopic (exact) mass is 161 g/mol. The number of nitrogens with two attached hydrogens (primary N) is 1. The molecule has 3 nitrogen and oxygen atoms in total. The van der Waals surface area contributed by atoms with Gasteiger partial charge in [-0.05, 0) is 12.1 Å². The maximum atomic E-state index is 11.2. The number of hydrogen-bond acceptors (Lipinski definition) is 3. The second-order valence-electron chi connectivity index (χ2n) is 2.51. The Morgan fingerprint density at radius 3 is 2.83 bits per heavy atom. The van der Waals surface area contributed by atoms with E-state index in [9.17, 15) is 4.79 Å². The van der Waals surface area contributed by atoms with Gasteiger partial charge in [0.2, 0.25) is 0 Å². The number of fused-ring (bicyclic) bond motifs is 1. The first-order valence-electron chi connectivity index (χ1n) is 3.55. The van der Waals surface area contributed by atoms with Crippen molar-refractivity contribution in [3.8, 4) is 0 Å². The minimum Gasteiger partial charge on any atom is -0.462 e. The van der Waals surface area contributed by atoms with Crippen LogP contribution >= 0.6 is 0 Å². The molecule has 0 atom stereocenters. The number of rotatable bonds is 0. The van der Waals surface area contributed by atoms with Gasteiger partial charge in [0.15, 0.2) is 11.0 Å². The van der Waals surface area contributed by atoms with Crippen molar-refractivity contribution >= 4 is 16.7 Å². The molecule has 0 bridgehead atoms. The highest BCUT2D eigenvalue weighted by molar-refractivity contribution is 5.86. The van der Waals surface area contributed by atoms with Crippen molar-refractivity contribution in [2.45, 2.75) is 0 Å². The van der Waals surface area contributed by atoms with Gasteiger partial charge in [0.1, 0.15) is 0 Å². The third-order valence-corrected chi connectivity index (χ3v) is 1.72. The van der Waals surface area contributed by atoms with Gasteiger partial charge in [0.05, 0.1) is 17.3 Å². The smallest absolute Gasteiger partial charge is 0.192 e. The van der Waals surface area contributed by atoms with Crippen molar-refractivity contribution in [3.63, 3.8) is 0 Å². The number of benzene rings is 1. The van der Waals surface area contributed by atoms with E-state index < -0.39 is 0 Å². The van der Waals surface area contributed by atoms with Gasteiger partial charge >= 0.3 is 0 Å². The summed E-state index contributed by atoms with van der Waals surface area (Å²) in [5, 5.41) is 0.525. The van der Waals surface area contributed by atoms with Crippen LogP contribution in [0.3, 0.4) is 0 Å². The van der Waals surface area contributed by atoms with Crippen LogP contribution in [0.25, 0.3) is 11.0 Å². The Morgan fingerprint density at radius 1 is 1.25 bits per heavy atom. The molecule has 3 heteroatoms. The highest BCUT2D eigenvalue weighted by atomic mass is 16.3. The Labute approximate surface area is 68.4 Å². The average molecular weight is 161 g/mol. The minimum atomic E-state index is -0.0662. The van der Waals surface area contributed by atoms with Gasteiger partial charge in [-0.15, -0.1) is 0 Å². The van der Waals surface area contributed by atoms with E-state index in [0.717, 1.165) is 0 Å². The molecule has 1 heterocycles. The standard InChI is InChI=1S/C9H7NO2/c10-7-3-1-2-6-8(11)4-5-12-9(6)7/h1-5H,10H2. The molecule has 0 saturated heterocycles. The molecule has 0 amide bonds. The van der Waals surface area contributed by atoms with Crippen molar-refractivity contribution in [2.75, 3.05) is 5.73 Å². The van der Waals surface area contributed by atoms with Crippen molar-refractivity contribution in [3.05, 3.63) is 40.8 Å². The van der Waals surface area contributed by atoms with E-state index in [1.165, 1.54) is 12.3 Å². The fourth-order valence-corrected chi connectivity index (χ4v) is 1.13. The lowest BCUT2D eigenvalue weighted by Crippen LogP contribution is -1.99. The molecule has 2 N–H and O–H groups in total. The predicted octanol–water partition coefficient (Wildman–Crippen LogP) is 1.38. The Kier molecular flexibility index (Phi) is 1.37. The average Bonchev–Trinajstić information content (AvgIpc) is 2.07. The van der Waals surface area contributed by atoms with E-state index in [1.54, 1.807) is 18.2 Å². The van der Waals surface area contributed by atoms with Crippen LogP contribution in [0, 0.1) is 0 Å². The Bertz CT molecular complexity index is 473. The fourth-order valence-electron chi connectivity index (χ4n) is 1.13. The molecule has 12 heavy (non-hydrogen) atoms. The third-order valence-electron chi connectivity index (χ3n) is 1.72. The Balaban J connectivity index is 3.05. The van der Waals surface area contributed by atoms with E-state index in [2.05, 4.69) is 0 Å². The zero-order valence-electron chi connectivity index (χ0n) is 6.28.